The van der Waals surface area contributed by atoms with Crippen LogP contribution in [0.5, 0.6) is 0 Å². The average Bonchev–Trinajstić information content (AvgIpc) is 0.782. The fourth-order valence-corrected chi connectivity index (χ4v) is 13.1. The molecule has 576 valence electrons. The van der Waals surface area contributed by atoms with Crippen LogP contribution in [0.4, 0.5) is 0 Å². The molecule has 0 aromatic carbocycles. The summed E-state index contributed by atoms with van der Waals surface area (Å²) in [7, 11) is 0. The van der Waals surface area contributed by atoms with Gasteiger partial charge in [0.15, 0.2) is 37.7 Å². The molecule has 0 spiro atoms. The largest absolute Gasteiger partial charge is 0.394 e. The standard InChI is InChI=1S/C57H94N4O39/c1-17-50(83)58-8-21-44-32(71)31(70)20(88-21)7-19-23(10-62)90-52(38(77)30(19)69)97-46-24(11-63)93-56(42(81)36(46)75)100-49-27(14-66)92-55(41(80)35(49)74)96-45-22(9-59-51(84)18(2)61-29(68)16-87-6-4-85-3-5-86-15-28(67)60-17)89-53(39(78)33(45)72)98-47-25(12-64)94-57(43(82)37(47)76)99-48-26(13-65)91-54(95-44)40(79)34(48)73/h17-27,30-49,52-57,62-66,69-82H,3-16H2,1-2H3,(H,58,83)(H,59,84)(H,60,67)(H,61,68)/t17-,18-,19+,20+,21+,22+,23-,24+,25+,26+,27+,30+,31-,32+,33+,34+,35+,36+,37+,38+,39+,40+,41+,42+,43+,44+,45+,46+,47+,48+,49+,52+,53+,54+,55+,56+,57+/m0/s1. The minimum Gasteiger partial charge on any atom is -0.394 e. The molecule has 0 aromatic heterocycles. The lowest BCUT2D eigenvalue weighted by Gasteiger charge is -2.50. The summed E-state index contributed by atoms with van der Waals surface area (Å²) in [5.41, 5.74) is 0. The molecular formula is C57H94N4O39. The van der Waals surface area contributed by atoms with Gasteiger partial charge in [-0.2, -0.15) is 0 Å². The zero-order valence-electron chi connectivity index (χ0n) is 53.9. The minimum atomic E-state index is -2.33. The first-order chi connectivity index (χ1) is 47.6. The molecule has 0 aliphatic carbocycles. The van der Waals surface area contributed by atoms with Crippen molar-refractivity contribution >= 4 is 23.6 Å². The first-order valence-electron chi connectivity index (χ1n) is 32.6. The van der Waals surface area contributed by atoms with E-state index >= 15 is 0 Å². The number of rotatable bonds is 5. The smallest absolute Gasteiger partial charge is 0.246 e. The molecule has 37 atom stereocenters. The van der Waals surface area contributed by atoms with Gasteiger partial charge in [0.25, 0.3) is 0 Å². The second kappa shape index (κ2) is 36.2. The summed E-state index contributed by atoms with van der Waals surface area (Å²) in [6.45, 7) is -6.06. The molecule has 23 N–H and O–H groups in total. The van der Waals surface area contributed by atoms with Crippen molar-refractivity contribution in [3.63, 3.8) is 0 Å². The molecule has 22 fully saturated rings. The van der Waals surface area contributed by atoms with Crippen molar-refractivity contribution in [2.24, 2.45) is 5.92 Å². The van der Waals surface area contributed by atoms with E-state index < -0.39 is 316 Å². The lowest BCUT2D eigenvalue weighted by Crippen LogP contribution is -2.68. The normalized spacial score (nSPS) is 49.4. The third-order valence-corrected chi connectivity index (χ3v) is 18.7. The van der Waals surface area contributed by atoms with Crippen LogP contribution in [0.3, 0.4) is 0 Å². The second-order valence-corrected chi connectivity index (χ2v) is 25.5. The fourth-order valence-electron chi connectivity index (χ4n) is 13.1. The van der Waals surface area contributed by atoms with Crippen LogP contribution in [0, 0.1) is 5.92 Å². The van der Waals surface area contributed by atoms with E-state index in [0.29, 0.717) is 0 Å². The summed E-state index contributed by atoms with van der Waals surface area (Å²) in [6, 6.07) is -2.70. The Kier molecular flexibility index (Phi) is 29.2. The Bertz CT molecular complexity index is 2570. The number of carbonyl (C=O) groups is 4. The van der Waals surface area contributed by atoms with Crippen LogP contribution in [0.1, 0.15) is 20.3 Å². The number of hydrogen-bond donors (Lipinski definition) is 23. The maximum Gasteiger partial charge on any atom is 0.246 e. The minimum absolute atomic E-state index is 0.0840. The third kappa shape index (κ3) is 18.3. The molecule has 43 heteroatoms. The summed E-state index contributed by atoms with van der Waals surface area (Å²) in [6.07, 6.45) is -70.7. The van der Waals surface area contributed by atoms with E-state index in [1.807, 2.05) is 0 Å². The molecule has 100 heavy (non-hydrogen) atoms. The number of amides is 4. The van der Waals surface area contributed by atoms with Gasteiger partial charge >= 0.3 is 0 Å². The predicted octanol–water partition coefficient (Wildman–Crippen LogP) is -16.2. The van der Waals surface area contributed by atoms with Crippen molar-refractivity contribution in [3.8, 4) is 0 Å². The zero-order chi connectivity index (χ0) is 72.7. The van der Waals surface area contributed by atoms with Crippen LogP contribution in [0.25, 0.3) is 0 Å². The van der Waals surface area contributed by atoms with Crippen molar-refractivity contribution in [2.45, 2.75) is 241 Å². The van der Waals surface area contributed by atoms with Crippen molar-refractivity contribution < 1.29 is 192 Å². The molecule has 0 saturated carbocycles. The van der Waals surface area contributed by atoms with E-state index in [0.717, 1.165) is 0 Å². The van der Waals surface area contributed by atoms with Gasteiger partial charge in [-0.25, -0.2) is 0 Å². The molecule has 0 radical (unpaired) electrons. The van der Waals surface area contributed by atoms with E-state index in [4.69, 9.17) is 75.8 Å². The lowest BCUT2D eigenvalue weighted by atomic mass is 9.81. The highest BCUT2D eigenvalue weighted by molar-refractivity contribution is 5.88. The zero-order valence-corrected chi connectivity index (χ0v) is 53.9. The van der Waals surface area contributed by atoms with Gasteiger partial charge in [0, 0.05) is 19.0 Å². The maximum atomic E-state index is 13.7. The van der Waals surface area contributed by atoms with Crippen LogP contribution in [-0.2, 0) is 95.0 Å². The van der Waals surface area contributed by atoms with Crippen molar-refractivity contribution in [1.82, 2.24) is 21.3 Å². The first-order valence-corrected chi connectivity index (χ1v) is 32.6. The van der Waals surface area contributed by atoms with Gasteiger partial charge in [0.05, 0.1) is 77.8 Å². The van der Waals surface area contributed by atoms with Crippen molar-refractivity contribution in [2.75, 3.05) is 85.8 Å². The number of hydrogen-bond acceptors (Lipinski definition) is 39. The van der Waals surface area contributed by atoms with Gasteiger partial charge in [-0.15, -0.1) is 0 Å². The summed E-state index contributed by atoms with van der Waals surface area (Å²) in [5, 5.41) is 227. The monoisotopic (exact) mass is 1460 g/mol. The van der Waals surface area contributed by atoms with E-state index in [1.54, 1.807) is 0 Å². The molecule has 43 nitrogen and oxygen atoms in total. The van der Waals surface area contributed by atoms with Crippen LogP contribution >= 0.6 is 0 Å². The SMILES string of the molecule is C[C@@H]1NC(=O)COCCOCCOCC(=O)N[C@@H](C)C(=O)NC[C@H]2O[C@@H]3O[C@H]4[C@H](O)[C@@H](O)[C@@H](O[C@H]5[C@H](O)[C@@H](O)[C@@H](O[C@H]6[C@H](O)[C@@H](O)[C@@H](C[C@H]7[C@@H](O)[C@@H](O)[C@@H](O[C@H]8[C@H](O)[C@@H](O)[C@@H](O[C@H]9[C@H](O)[C@@H](O)[C@@H](O[C@H]2[C@H](O)[C@H]3O)O[C@@H]9CO)O[C@@H]8CO)O[C@H]7CO)O[C@@H]6CNC1=O)O[C@@H]5CO)O[C@@H]4CO. The number of ether oxygens (including phenoxy) is 16. The Hall–Kier alpha value is -3.52. The van der Waals surface area contributed by atoms with Crippen LogP contribution in [0.2, 0.25) is 0 Å². The van der Waals surface area contributed by atoms with E-state index in [9.17, 15) is 116 Å². The highest BCUT2D eigenvalue weighted by Crippen LogP contribution is 2.40. The summed E-state index contributed by atoms with van der Waals surface area (Å²) >= 11 is 0. The highest BCUT2D eigenvalue weighted by Gasteiger charge is 2.60. The third-order valence-electron chi connectivity index (χ3n) is 18.7. The molecule has 22 rings (SSSR count). The summed E-state index contributed by atoms with van der Waals surface area (Å²) in [4.78, 5) is 53.1. The average molecular weight is 1460 g/mol. The molecule has 16 bridgehead atoms. The topological polar surface area (TPSA) is 648 Å². The first kappa shape index (κ1) is 80.6. The van der Waals surface area contributed by atoms with Gasteiger partial charge < -0.3 is 194 Å². The Morgan fingerprint density at radius 2 is 0.590 bits per heavy atom. The molecular weight excluding hydrogens is 1360 g/mol. The Morgan fingerprint density at radius 3 is 0.940 bits per heavy atom. The van der Waals surface area contributed by atoms with E-state index in [1.165, 1.54) is 13.8 Å². The predicted molar refractivity (Wildman–Crippen MR) is 311 cm³/mol. The van der Waals surface area contributed by atoms with Crippen LogP contribution in [-0.4, -0.2) is 427 Å². The summed E-state index contributed by atoms with van der Waals surface area (Å²) in [5.74, 6) is -4.94. The molecule has 0 unspecified atom stereocenters. The van der Waals surface area contributed by atoms with Crippen LogP contribution < -0.4 is 21.3 Å². The number of nitrogens with one attached hydrogen (secondary N) is 4. The Morgan fingerprint density at radius 1 is 0.310 bits per heavy atom. The van der Waals surface area contributed by atoms with Crippen LogP contribution in [0.15, 0.2) is 0 Å². The summed E-state index contributed by atoms with van der Waals surface area (Å²) < 4.78 is 93.0. The number of carbonyl (C=O) groups excluding carboxylic acids is 4. The number of aliphatic hydroxyl groups excluding tert-OH is 19. The Balaban J connectivity index is 1.07. The molecule has 0 aromatic rings. The Labute approximate surface area is 568 Å². The van der Waals surface area contributed by atoms with Gasteiger partial charge in [-0.1, -0.05) is 0 Å². The highest BCUT2D eigenvalue weighted by atomic mass is 16.8. The molecule has 22 saturated heterocycles. The molecule has 22 aliphatic rings. The maximum absolute atomic E-state index is 13.7. The molecule has 22 aliphatic heterocycles. The van der Waals surface area contributed by atoms with Gasteiger partial charge in [-0.05, 0) is 20.3 Å². The van der Waals surface area contributed by atoms with Crippen molar-refractivity contribution in [3.05, 3.63) is 0 Å². The lowest BCUT2D eigenvalue weighted by molar-refractivity contribution is -0.395. The van der Waals surface area contributed by atoms with E-state index in [-0.39, 0.29) is 26.4 Å². The van der Waals surface area contributed by atoms with Gasteiger partial charge in [0.2, 0.25) is 23.6 Å². The second-order valence-electron chi connectivity index (χ2n) is 25.5. The van der Waals surface area contributed by atoms with Gasteiger partial charge in [0.1, 0.15) is 178 Å². The van der Waals surface area contributed by atoms with E-state index in [2.05, 4.69) is 21.3 Å². The van der Waals surface area contributed by atoms with Gasteiger partial charge in [-0.3, -0.25) is 19.2 Å². The molecule has 22 heterocycles. The molecule has 4 amide bonds. The fraction of sp³-hybridized carbons (Fsp3) is 0.930. The van der Waals surface area contributed by atoms with Crippen molar-refractivity contribution in [1.29, 1.82) is 0 Å². The quantitative estimate of drug-likeness (QED) is 0.122. The number of aliphatic hydroxyl groups is 19.